The van der Waals surface area contributed by atoms with E-state index in [2.05, 4.69) is 31.8 Å². The Balaban J connectivity index is 2.52. The lowest BCUT2D eigenvalue weighted by atomic mass is 10.2. The highest BCUT2D eigenvalue weighted by molar-refractivity contribution is 9.10. The van der Waals surface area contributed by atoms with Gasteiger partial charge in [0, 0.05) is 6.54 Å². The highest BCUT2D eigenvalue weighted by Crippen LogP contribution is 2.25. The molecule has 0 aromatic heterocycles. The molecule has 0 fully saturated rings. The monoisotopic (exact) mass is 398 g/mol. The third kappa shape index (κ3) is 7.23. The number of halogens is 1. The van der Waals surface area contributed by atoms with Gasteiger partial charge in [-0.1, -0.05) is 13.3 Å². The van der Waals surface area contributed by atoms with Crippen LogP contribution in [0.15, 0.2) is 27.8 Å². The van der Waals surface area contributed by atoms with E-state index in [0.29, 0.717) is 22.3 Å². The summed E-state index contributed by atoms with van der Waals surface area (Å²) in [6.07, 6.45) is 3.05. The summed E-state index contributed by atoms with van der Waals surface area (Å²) < 4.78 is 5.51. The Labute approximate surface area is 147 Å². The Morgan fingerprint density at radius 2 is 2.08 bits per heavy atom. The number of ether oxygens (including phenoxy) is 1. The molecule has 2 amide bonds. The summed E-state index contributed by atoms with van der Waals surface area (Å²) in [5, 5.41) is 16.5. The van der Waals surface area contributed by atoms with E-state index in [1.807, 2.05) is 6.92 Å². The summed E-state index contributed by atoms with van der Waals surface area (Å²) >= 11 is 3.23. The molecule has 0 aliphatic rings. The van der Waals surface area contributed by atoms with Crippen molar-refractivity contribution < 1.29 is 24.2 Å². The smallest absolute Gasteiger partial charge is 0.329 e. The second-order valence-electron chi connectivity index (χ2n) is 4.66. The summed E-state index contributed by atoms with van der Waals surface area (Å²) in [7, 11) is 0. The first kappa shape index (κ1) is 19.6. The molecule has 0 unspecified atom stereocenters. The van der Waals surface area contributed by atoms with E-state index >= 15 is 0 Å². The predicted octanol–water partition coefficient (Wildman–Crippen LogP) is -0.0558. The first-order chi connectivity index (χ1) is 11.4. The number of hydrogen-bond donors (Lipinski definition) is 2. The third-order valence-electron chi connectivity index (χ3n) is 2.70. The van der Waals surface area contributed by atoms with Gasteiger partial charge in [0.2, 0.25) is 0 Å². The maximum atomic E-state index is 11.5. The molecular formula is C15H17BrN3O5-. The van der Waals surface area contributed by atoms with Crippen LogP contribution in [-0.4, -0.2) is 37.1 Å². The van der Waals surface area contributed by atoms with Crippen molar-refractivity contribution in [3.63, 3.8) is 0 Å². The lowest BCUT2D eigenvalue weighted by Crippen LogP contribution is -2.38. The molecule has 24 heavy (non-hydrogen) atoms. The molecule has 1 aromatic carbocycles. The number of amides is 2. The van der Waals surface area contributed by atoms with Crippen LogP contribution >= 0.6 is 15.9 Å². The molecule has 9 heteroatoms. The van der Waals surface area contributed by atoms with Crippen LogP contribution in [0.5, 0.6) is 5.75 Å². The van der Waals surface area contributed by atoms with Gasteiger partial charge >= 0.3 is 11.8 Å². The summed E-state index contributed by atoms with van der Waals surface area (Å²) in [6, 6.07) is 4.75. The average Bonchev–Trinajstić information content (AvgIpc) is 2.53. The molecule has 130 valence electrons. The van der Waals surface area contributed by atoms with E-state index < -0.39 is 24.4 Å². The predicted molar refractivity (Wildman–Crippen MR) is 88.3 cm³/mol. The van der Waals surface area contributed by atoms with Gasteiger partial charge in [-0.25, -0.2) is 5.43 Å². The normalized spacial score (nSPS) is 10.4. The number of nitrogens with zero attached hydrogens (tertiary/aromatic N) is 1. The minimum atomic E-state index is -1.33. The fourth-order valence-electron chi connectivity index (χ4n) is 1.53. The molecular weight excluding hydrogens is 382 g/mol. The van der Waals surface area contributed by atoms with E-state index in [9.17, 15) is 19.5 Å². The Bertz CT molecular complexity index is 634. The molecule has 0 bridgehead atoms. The van der Waals surface area contributed by atoms with Crippen molar-refractivity contribution in [1.29, 1.82) is 0 Å². The highest BCUT2D eigenvalue weighted by Gasteiger charge is 2.11. The van der Waals surface area contributed by atoms with Crippen molar-refractivity contribution in [2.75, 3.05) is 13.2 Å². The van der Waals surface area contributed by atoms with Gasteiger partial charge in [0.05, 0.1) is 16.7 Å². The van der Waals surface area contributed by atoms with E-state index in [-0.39, 0.29) is 0 Å². The van der Waals surface area contributed by atoms with Crippen molar-refractivity contribution in [3.8, 4) is 5.75 Å². The molecule has 0 heterocycles. The van der Waals surface area contributed by atoms with Gasteiger partial charge in [-0.3, -0.25) is 9.59 Å². The maximum Gasteiger partial charge on any atom is 0.329 e. The van der Waals surface area contributed by atoms with Gasteiger partial charge in [-0.05, 0) is 46.1 Å². The number of hydrazone groups is 1. The zero-order chi connectivity index (χ0) is 17.9. The Hall–Kier alpha value is -2.42. The summed E-state index contributed by atoms with van der Waals surface area (Å²) in [5.74, 6) is -2.59. The van der Waals surface area contributed by atoms with E-state index in [1.165, 1.54) is 12.3 Å². The van der Waals surface area contributed by atoms with Crippen LogP contribution in [-0.2, 0) is 14.4 Å². The lowest BCUT2D eigenvalue weighted by Gasteiger charge is -2.08. The first-order valence-electron chi connectivity index (χ1n) is 7.17. The van der Waals surface area contributed by atoms with Crippen molar-refractivity contribution in [3.05, 3.63) is 28.2 Å². The fourth-order valence-corrected chi connectivity index (χ4v) is 2.04. The van der Waals surface area contributed by atoms with Crippen molar-refractivity contribution >= 4 is 39.9 Å². The quantitative estimate of drug-likeness (QED) is 0.275. The fraction of sp³-hybridized carbons (Fsp3) is 0.333. The molecule has 0 aliphatic carbocycles. The molecule has 0 saturated carbocycles. The number of nitrogens with one attached hydrogen (secondary N) is 2. The number of benzene rings is 1. The van der Waals surface area contributed by atoms with Gasteiger partial charge in [0.25, 0.3) is 0 Å². The van der Waals surface area contributed by atoms with E-state index in [4.69, 9.17) is 4.74 Å². The van der Waals surface area contributed by atoms with Crippen LogP contribution in [0.25, 0.3) is 0 Å². The van der Waals surface area contributed by atoms with E-state index in [1.54, 1.807) is 12.1 Å². The number of unbranched alkanes of at least 4 members (excludes halogenated alkanes) is 1. The zero-order valence-corrected chi connectivity index (χ0v) is 14.6. The molecule has 1 rings (SSSR count). The van der Waals surface area contributed by atoms with Gasteiger partial charge in [0.1, 0.15) is 12.4 Å². The largest absolute Gasteiger partial charge is 0.546 e. The molecule has 2 N–H and O–H groups in total. The van der Waals surface area contributed by atoms with Crippen molar-refractivity contribution in [2.24, 2.45) is 5.10 Å². The summed E-state index contributed by atoms with van der Waals surface area (Å²) in [6.45, 7) is 1.85. The minimum absolute atomic E-state index is 0.329. The average molecular weight is 399 g/mol. The van der Waals surface area contributed by atoms with Crippen molar-refractivity contribution in [2.45, 2.75) is 19.8 Å². The van der Waals surface area contributed by atoms with Gasteiger partial charge in [-0.2, -0.15) is 5.10 Å². The molecule has 1 aromatic rings. The molecule has 0 atom stereocenters. The molecule has 0 radical (unpaired) electrons. The third-order valence-corrected chi connectivity index (χ3v) is 3.32. The van der Waals surface area contributed by atoms with Crippen LogP contribution in [0.2, 0.25) is 0 Å². The molecule has 0 spiro atoms. The Morgan fingerprint density at radius 3 is 2.71 bits per heavy atom. The number of hydrogen-bond acceptors (Lipinski definition) is 6. The minimum Gasteiger partial charge on any atom is -0.546 e. The van der Waals surface area contributed by atoms with E-state index in [0.717, 1.165) is 12.8 Å². The molecule has 8 nitrogen and oxygen atoms in total. The van der Waals surface area contributed by atoms with Crippen LogP contribution in [0.4, 0.5) is 0 Å². The van der Waals surface area contributed by atoms with Gasteiger partial charge in [-0.15, -0.1) is 0 Å². The SMILES string of the molecule is CCCCNC(=O)C(=O)N/N=C\c1ccc(OCC(=O)[O-])c(Br)c1. The topological polar surface area (TPSA) is 120 Å². The molecule has 0 aliphatic heterocycles. The second-order valence-corrected chi connectivity index (χ2v) is 5.51. The van der Waals surface area contributed by atoms with Gasteiger partial charge < -0.3 is 20.0 Å². The Kier molecular flexibility index (Phi) is 8.48. The number of carbonyl (C=O) groups excluding carboxylic acids is 3. The van der Waals surface area contributed by atoms with Gasteiger partial charge in [0.15, 0.2) is 0 Å². The molecule has 0 saturated heterocycles. The number of rotatable bonds is 8. The summed E-state index contributed by atoms with van der Waals surface area (Å²) in [5.41, 5.74) is 2.72. The lowest BCUT2D eigenvalue weighted by molar-refractivity contribution is -0.307. The number of carboxylic acid groups (broad SMARTS) is 1. The standard InChI is InChI=1S/C15H18BrN3O5/c1-2-3-6-17-14(22)15(23)19-18-8-10-4-5-12(11(16)7-10)24-9-13(20)21/h4-5,7-8H,2-3,6,9H2,1H3,(H,17,22)(H,19,23)(H,20,21)/p-1/b18-8-. The number of aliphatic carboxylic acids is 1. The Morgan fingerprint density at radius 1 is 1.33 bits per heavy atom. The van der Waals surface area contributed by atoms with Crippen LogP contribution in [0, 0.1) is 0 Å². The summed E-state index contributed by atoms with van der Waals surface area (Å²) in [4.78, 5) is 33.2. The first-order valence-corrected chi connectivity index (χ1v) is 7.96. The van der Waals surface area contributed by atoms with Crippen molar-refractivity contribution in [1.82, 2.24) is 10.7 Å². The van der Waals surface area contributed by atoms with Crippen LogP contribution in [0.3, 0.4) is 0 Å². The second kappa shape index (κ2) is 10.4. The number of carboxylic acids is 1. The zero-order valence-electron chi connectivity index (χ0n) is 13.0. The highest BCUT2D eigenvalue weighted by atomic mass is 79.9. The number of carbonyl (C=O) groups is 3. The maximum absolute atomic E-state index is 11.5. The van der Waals surface area contributed by atoms with Crippen LogP contribution in [0.1, 0.15) is 25.3 Å². The van der Waals surface area contributed by atoms with Crippen LogP contribution < -0.4 is 20.6 Å².